The molecule has 0 amide bonds. The van der Waals surface area contributed by atoms with E-state index in [-0.39, 0.29) is 5.57 Å². The molecular weight excluding hydrogens is 188 g/mol. The fraction of sp³-hybridized carbons (Fsp3) is 0.125. The van der Waals surface area contributed by atoms with Crippen molar-refractivity contribution in [2.45, 2.75) is 6.92 Å². The molecule has 0 aromatic carbocycles. The lowest BCUT2D eigenvalue weighted by atomic mass is 10.2. The number of carbonyl (C=O) groups is 1. The molecule has 0 radical (unpaired) electrons. The number of aryl methyl sites for hydroxylation is 1. The molecule has 0 saturated heterocycles. The van der Waals surface area contributed by atoms with Gasteiger partial charge in [0.1, 0.15) is 11.6 Å². The van der Waals surface area contributed by atoms with Crippen molar-refractivity contribution in [2.75, 3.05) is 0 Å². The van der Waals surface area contributed by atoms with Gasteiger partial charge in [0.15, 0.2) is 0 Å². The minimum atomic E-state index is -1.23. The van der Waals surface area contributed by atoms with E-state index in [1.54, 1.807) is 11.4 Å². The molecule has 0 fully saturated rings. The number of nitrogens with zero attached hydrogens (tertiary/aromatic N) is 2. The molecule has 1 N–H and O–H groups in total. The average Bonchev–Trinajstić information content (AvgIpc) is 2.46. The Balaban J connectivity index is 3.00. The molecule has 0 bridgehead atoms. The van der Waals surface area contributed by atoms with Crippen LogP contribution in [0.2, 0.25) is 0 Å². The minimum Gasteiger partial charge on any atom is -0.477 e. The second-order valence-corrected chi connectivity index (χ2v) is 3.33. The molecule has 0 aliphatic carbocycles. The summed E-state index contributed by atoms with van der Waals surface area (Å²) in [5, 5.41) is 19.5. The van der Waals surface area contributed by atoms with E-state index in [4.69, 9.17) is 10.4 Å². The van der Waals surface area contributed by atoms with Crippen molar-refractivity contribution in [1.29, 1.82) is 5.26 Å². The van der Waals surface area contributed by atoms with E-state index in [0.29, 0.717) is 5.69 Å². The molecule has 66 valence electrons. The minimum absolute atomic E-state index is 0.301. The molecule has 5 heteroatoms. The van der Waals surface area contributed by atoms with Gasteiger partial charge in [-0.2, -0.15) is 5.26 Å². The second kappa shape index (κ2) is 3.83. The Labute approximate surface area is 78.8 Å². The third kappa shape index (κ3) is 2.39. The molecule has 0 aliphatic heterocycles. The number of carboxylic acid groups (broad SMARTS) is 1. The summed E-state index contributed by atoms with van der Waals surface area (Å²) >= 11 is 1.41. The molecule has 1 aromatic rings. The van der Waals surface area contributed by atoms with Crippen LogP contribution in [0.3, 0.4) is 0 Å². The Morgan fingerprint density at radius 1 is 1.85 bits per heavy atom. The van der Waals surface area contributed by atoms with E-state index in [0.717, 1.165) is 5.01 Å². The van der Waals surface area contributed by atoms with E-state index >= 15 is 0 Å². The van der Waals surface area contributed by atoms with Crippen molar-refractivity contribution < 1.29 is 9.90 Å². The van der Waals surface area contributed by atoms with Gasteiger partial charge < -0.3 is 5.11 Å². The summed E-state index contributed by atoms with van der Waals surface area (Å²) in [6, 6.07) is 1.59. The molecule has 0 unspecified atom stereocenters. The fourth-order valence-electron chi connectivity index (χ4n) is 0.736. The van der Waals surface area contributed by atoms with Gasteiger partial charge in [-0.05, 0) is 13.0 Å². The molecule has 13 heavy (non-hydrogen) atoms. The lowest BCUT2D eigenvalue weighted by Crippen LogP contribution is -1.97. The van der Waals surface area contributed by atoms with Gasteiger partial charge >= 0.3 is 5.97 Å². The van der Waals surface area contributed by atoms with Crippen LogP contribution in [0.25, 0.3) is 6.08 Å². The average molecular weight is 194 g/mol. The number of hydrogen-bond donors (Lipinski definition) is 1. The Bertz CT molecular complexity index is 401. The topological polar surface area (TPSA) is 74.0 Å². The van der Waals surface area contributed by atoms with Crippen LogP contribution in [0.5, 0.6) is 0 Å². The van der Waals surface area contributed by atoms with Gasteiger partial charge in [-0.25, -0.2) is 9.78 Å². The molecule has 0 aliphatic rings. The zero-order valence-electron chi connectivity index (χ0n) is 6.81. The smallest absolute Gasteiger partial charge is 0.346 e. The summed E-state index contributed by atoms with van der Waals surface area (Å²) in [7, 11) is 0. The third-order valence-corrected chi connectivity index (χ3v) is 2.07. The predicted octanol–water partition coefficient (Wildman–Crippen LogP) is 1.44. The van der Waals surface area contributed by atoms with Crippen molar-refractivity contribution >= 4 is 23.4 Å². The normalized spacial score (nSPS) is 10.9. The summed E-state index contributed by atoms with van der Waals surface area (Å²) in [6.45, 7) is 1.81. The lowest BCUT2D eigenvalue weighted by molar-refractivity contribution is -0.132. The molecule has 1 heterocycles. The van der Waals surface area contributed by atoms with Gasteiger partial charge in [0.25, 0.3) is 0 Å². The molecule has 4 nitrogen and oxygen atoms in total. The lowest BCUT2D eigenvalue weighted by Gasteiger charge is -1.86. The molecule has 1 aromatic heterocycles. The highest BCUT2D eigenvalue weighted by molar-refractivity contribution is 7.09. The van der Waals surface area contributed by atoms with Gasteiger partial charge in [-0.15, -0.1) is 11.3 Å². The number of carboxylic acids is 1. The maximum absolute atomic E-state index is 10.4. The van der Waals surface area contributed by atoms with E-state index < -0.39 is 5.97 Å². The van der Waals surface area contributed by atoms with E-state index in [1.807, 2.05) is 6.92 Å². The summed E-state index contributed by atoms with van der Waals surface area (Å²) in [5.41, 5.74) is 0.215. The number of aliphatic carboxylic acids is 1. The van der Waals surface area contributed by atoms with Crippen LogP contribution in [-0.4, -0.2) is 16.1 Å². The monoisotopic (exact) mass is 194 g/mol. The number of rotatable bonds is 2. The first-order valence-corrected chi connectivity index (χ1v) is 4.28. The number of hydrogen-bond acceptors (Lipinski definition) is 4. The molecule has 0 saturated carbocycles. The van der Waals surface area contributed by atoms with Crippen molar-refractivity contribution in [3.8, 4) is 6.07 Å². The van der Waals surface area contributed by atoms with Gasteiger partial charge in [-0.1, -0.05) is 0 Å². The number of aromatic nitrogens is 1. The van der Waals surface area contributed by atoms with Crippen LogP contribution in [0.1, 0.15) is 10.7 Å². The Hall–Kier alpha value is -1.67. The summed E-state index contributed by atoms with van der Waals surface area (Å²) in [5.74, 6) is -1.23. The zero-order chi connectivity index (χ0) is 9.84. The van der Waals surface area contributed by atoms with Crippen LogP contribution < -0.4 is 0 Å². The van der Waals surface area contributed by atoms with E-state index in [1.165, 1.54) is 17.4 Å². The maximum atomic E-state index is 10.4. The van der Waals surface area contributed by atoms with E-state index in [9.17, 15) is 4.79 Å². The standard InChI is InChI=1S/C8H6N2O2S/c1-5-10-7(4-13-5)2-6(3-9)8(11)12/h2,4H,1H3,(H,11,12)/b6-2+. The highest BCUT2D eigenvalue weighted by Crippen LogP contribution is 2.11. The highest BCUT2D eigenvalue weighted by atomic mass is 32.1. The van der Waals surface area contributed by atoms with Crippen LogP contribution in [0.15, 0.2) is 11.0 Å². The third-order valence-electron chi connectivity index (χ3n) is 1.28. The van der Waals surface area contributed by atoms with Crippen molar-refractivity contribution in [3.05, 3.63) is 21.7 Å². The number of thiazole rings is 1. The molecular formula is C8H6N2O2S. The largest absolute Gasteiger partial charge is 0.477 e. The summed E-state index contributed by atoms with van der Waals surface area (Å²) in [6.07, 6.45) is 1.26. The quantitative estimate of drug-likeness (QED) is 0.571. The second-order valence-electron chi connectivity index (χ2n) is 2.27. The SMILES string of the molecule is Cc1nc(/C=C(\C#N)C(=O)O)cs1. The predicted molar refractivity (Wildman–Crippen MR) is 48.1 cm³/mol. The Morgan fingerprint density at radius 3 is 2.92 bits per heavy atom. The van der Waals surface area contributed by atoms with Gasteiger partial charge in [0.05, 0.1) is 10.7 Å². The zero-order valence-corrected chi connectivity index (χ0v) is 7.63. The Morgan fingerprint density at radius 2 is 2.54 bits per heavy atom. The summed E-state index contributed by atoms with van der Waals surface area (Å²) < 4.78 is 0. The van der Waals surface area contributed by atoms with Gasteiger partial charge in [0, 0.05) is 5.38 Å². The van der Waals surface area contributed by atoms with Crippen LogP contribution in [-0.2, 0) is 4.79 Å². The Kier molecular flexibility index (Phi) is 2.77. The van der Waals surface area contributed by atoms with Gasteiger partial charge in [-0.3, -0.25) is 0 Å². The maximum Gasteiger partial charge on any atom is 0.346 e. The van der Waals surface area contributed by atoms with E-state index in [2.05, 4.69) is 4.98 Å². The van der Waals surface area contributed by atoms with Crippen LogP contribution >= 0.6 is 11.3 Å². The highest BCUT2D eigenvalue weighted by Gasteiger charge is 2.06. The van der Waals surface area contributed by atoms with Crippen molar-refractivity contribution in [3.63, 3.8) is 0 Å². The van der Waals surface area contributed by atoms with Crippen molar-refractivity contribution in [1.82, 2.24) is 4.98 Å². The summed E-state index contributed by atoms with van der Waals surface area (Å²) in [4.78, 5) is 14.4. The molecule has 1 rings (SSSR count). The van der Waals surface area contributed by atoms with Crippen LogP contribution in [0.4, 0.5) is 0 Å². The van der Waals surface area contributed by atoms with Gasteiger partial charge in [0.2, 0.25) is 0 Å². The van der Waals surface area contributed by atoms with Crippen LogP contribution in [0, 0.1) is 18.3 Å². The first-order chi connectivity index (χ1) is 6.13. The fourth-order valence-corrected chi connectivity index (χ4v) is 1.31. The molecule has 0 atom stereocenters. The number of nitriles is 1. The first-order valence-electron chi connectivity index (χ1n) is 3.40. The van der Waals surface area contributed by atoms with Crippen molar-refractivity contribution in [2.24, 2.45) is 0 Å². The first kappa shape index (κ1) is 9.42. The molecule has 0 spiro atoms.